The minimum atomic E-state index is -0.0475. The summed E-state index contributed by atoms with van der Waals surface area (Å²) in [7, 11) is 0. The highest BCUT2D eigenvalue weighted by Gasteiger charge is 2.08. The SMILES string of the molecule is O[C@@H]1CCCCS1. The van der Waals surface area contributed by atoms with Crippen LogP contribution in [-0.4, -0.2) is 16.3 Å². The maximum atomic E-state index is 8.87. The topological polar surface area (TPSA) is 20.2 Å². The highest BCUT2D eigenvalue weighted by Crippen LogP contribution is 2.21. The average molecular weight is 118 g/mol. The summed E-state index contributed by atoms with van der Waals surface area (Å²) in [5, 5.41) is 8.87. The van der Waals surface area contributed by atoms with Crippen molar-refractivity contribution >= 4 is 11.8 Å². The molecule has 7 heavy (non-hydrogen) atoms. The van der Waals surface area contributed by atoms with E-state index in [-0.39, 0.29) is 5.44 Å². The first-order valence-electron chi connectivity index (χ1n) is 2.69. The predicted molar refractivity (Wildman–Crippen MR) is 32.3 cm³/mol. The third kappa shape index (κ3) is 1.70. The molecule has 0 saturated carbocycles. The Labute approximate surface area is 48.1 Å². The van der Waals surface area contributed by atoms with Gasteiger partial charge in [-0.1, -0.05) is 0 Å². The third-order valence-electron chi connectivity index (χ3n) is 1.16. The lowest BCUT2D eigenvalue weighted by atomic mass is 10.2. The van der Waals surface area contributed by atoms with Crippen LogP contribution in [0.25, 0.3) is 0 Å². The van der Waals surface area contributed by atoms with Gasteiger partial charge in [-0.25, -0.2) is 0 Å². The second-order valence-corrected chi connectivity index (χ2v) is 3.11. The summed E-state index contributed by atoms with van der Waals surface area (Å²) in [4.78, 5) is 0. The number of aliphatic hydroxyl groups is 1. The summed E-state index contributed by atoms with van der Waals surface area (Å²) in [6.07, 6.45) is 3.51. The van der Waals surface area contributed by atoms with Crippen LogP contribution < -0.4 is 0 Å². The van der Waals surface area contributed by atoms with Gasteiger partial charge in [0.1, 0.15) is 0 Å². The molecule has 1 aliphatic heterocycles. The van der Waals surface area contributed by atoms with Gasteiger partial charge in [0.2, 0.25) is 0 Å². The van der Waals surface area contributed by atoms with Crippen LogP contribution in [0.3, 0.4) is 0 Å². The minimum Gasteiger partial charge on any atom is -0.382 e. The summed E-state index contributed by atoms with van der Waals surface area (Å²) < 4.78 is 0. The predicted octanol–water partition coefficient (Wildman–Crippen LogP) is 1.22. The Hall–Kier alpha value is 0.310. The normalized spacial score (nSPS) is 33.0. The fourth-order valence-corrected chi connectivity index (χ4v) is 1.70. The van der Waals surface area contributed by atoms with E-state index < -0.39 is 0 Å². The number of hydrogen-bond acceptors (Lipinski definition) is 2. The lowest BCUT2D eigenvalue weighted by molar-refractivity contribution is 0.244. The Balaban J connectivity index is 2.12. The van der Waals surface area contributed by atoms with Crippen molar-refractivity contribution in [3.63, 3.8) is 0 Å². The minimum absolute atomic E-state index is 0.0475. The second-order valence-electron chi connectivity index (χ2n) is 1.82. The molecule has 0 unspecified atom stereocenters. The molecule has 0 bridgehead atoms. The van der Waals surface area contributed by atoms with Gasteiger partial charge in [-0.05, 0) is 25.0 Å². The number of thioether (sulfide) groups is 1. The molecule has 1 fully saturated rings. The highest BCUT2D eigenvalue weighted by atomic mass is 32.2. The van der Waals surface area contributed by atoms with Crippen LogP contribution in [-0.2, 0) is 0 Å². The van der Waals surface area contributed by atoms with Gasteiger partial charge < -0.3 is 5.11 Å². The molecule has 1 nitrogen and oxygen atoms in total. The van der Waals surface area contributed by atoms with Crippen LogP contribution in [0.5, 0.6) is 0 Å². The van der Waals surface area contributed by atoms with E-state index in [1.165, 1.54) is 12.8 Å². The number of aliphatic hydroxyl groups excluding tert-OH is 1. The van der Waals surface area contributed by atoms with Gasteiger partial charge in [0, 0.05) is 0 Å². The Morgan fingerprint density at radius 3 is 2.57 bits per heavy atom. The second kappa shape index (κ2) is 2.58. The van der Waals surface area contributed by atoms with Gasteiger partial charge in [0.05, 0.1) is 5.44 Å². The van der Waals surface area contributed by atoms with Crippen LogP contribution in [0, 0.1) is 0 Å². The highest BCUT2D eigenvalue weighted by molar-refractivity contribution is 7.99. The van der Waals surface area contributed by atoms with Crippen molar-refractivity contribution in [2.75, 3.05) is 5.75 Å². The van der Waals surface area contributed by atoms with E-state index in [4.69, 9.17) is 5.11 Å². The van der Waals surface area contributed by atoms with E-state index in [1.807, 2.05) is 0 Å². The monoisotopic (exact) mass is 118 g/mol. The molecule has 2 heteroatoms. The Bertz CT molecular complexity index is 50.0. The van der Waals surface area contributed by atoms with Crippen molar-refractivity contribution in [3.05, 3.63) is 0 Å². The standard InChI is InChI=1S/C5H10OS/c6-5-3-1-2-4-7-5/h5-6H,1-4H2/t5-/m0/s1. The first-order valence-corrected chi connectivity index (χ1v) is 3.74. The van der Waals surface area contributed by atoms with Crippen molar-refractivity contribution in [2.45, 2.75) is 24.7 Å². The van der Waals surface area contributed by atoms with E-state index in [9.17, 15) is 0 Å². The first-order chi connectivity index (χ1) is 3.39. The quantitative estimate of drug-likeness (QED) is 0.516. The molecule has 1 N–H and O–H groups in total. The molecule has 0 radical (unpaired) electrons. The molecule has 0 amide bonds. The van der Waals surface area contributed by atoms with E-state index in [2.05, 4.69) is 0 Å². The van der Waals surface area contributed by atoms with Crippen molar-refractivity contribution in [3.8, 4) is 0 Å². The van der Waals surface area contributed by atoms with E-state index in [0.717, 1.165) is 12.2 Å². The molecule has 1 saturated heterocycles. The molecular weight excluding hydrogens is 108 g/mol. The van der Waals surface area contributed by atoms with Crippen molar-refractivity contribution < 1.29 is 5.11 Å². The maximum absolute atomic E-state index is 8.87. The van der Waals surface area contributed by atoms with Crippen LogP contribution in [0.4, 0.5) is 0 Å². The molecular formula is C5H10OS. The third-order valence-corrected chi connectivity index (χ3v) is 2.30. The van der Waals surface area contributed by atoms with Crippen LogP contribution >= 0.6 is 11.8 Å². The van der Waals surface area contributed by atoms with Crippen LogP contribution in [0.15, 0.2) is 0 Å². The van der Waals surface area contributed by atoms with Gasteiger partial charge in [0.25, 0.3) is 0 Å². The van der Waals surface area contributed by atoms with Crippen LogP contribution in [0.1, 0.15) is 19.3 Å². The summed E-state index contributed by atoms with van der Waals surface area (Å²) in [6.45, 7) is 0. The van der Waals surface area contributed by atoms with Gasteiger partial charge in [-0.2, -0.15) is 0 Å². The van der Waals surface area contributed by atoms with E-state index >= 15 is 0 Å². The lowest BCUT2D eigenvalue weighted by Gasteiger charge is -2.14. The summed E-state index contributed by atoms with van der Waals surface area (Å²) >= 11 is 1.67. The maximum Gasteiger partial charge on any atom is 0.0992 e. The molecule has 42 valence electrons. The molecule has 0 aromatic heterocycles. The zero-order chi connectivity index (χ0) is 5.11. The van der Waals surface area contributed by atoms with Crippen LogP contribution in [0.2, 0.25) is 0 Å². The molecule has 0 aromatic rings. The number of rotatable bonds is 0. The molecule has 1 heterocycles. The molecule has 0 spiro atoms. The van der Waals surface area contributed by atoms with Crippen molar-refractivity contribution in [1.29, 1.82) is 0 Å². The molecule has 1 aliphatic rings. The van der Waals surface area contributed by atoms with Crippen molar-refractivity contribution in [2.24, 2.45) is 0 Å². The molecule has 1 rings (SSSR count). The van der Waals surface area contributed by atoms with Gasteiger partial charge in [-0.3, -0.25) is 0 Å². The Morgan fingerprint density at radius 2 is 2.29 bits per heavy atom. The summed E-state index contributed by atoms with van der Waals surface area (Å²) in [5.41, 5.74) is -0.0475. The average Bonchev–Trinajstić information content (AvgIpc) is 1.69. The molecule has 0 aromatic carbocycles. The fourth-order valence-electron chi connectivity index (χ4n) is 0.724. The number of hydrogen-bond donors (Lipinski definition) is 1. The lowest BCUT2D eigenvalue weighted by Crippen LogP contribution is -2.06. The van der Waals surface area contributed by atoms with E-state index in [0.29, 0.717) is 0 Å². The zero-order valence-corrected chi connectivity index (χ0v) is 5.08. The Morgan fingerprint density at radius 1 is 1.43 bits per heavy atom. The van der Waals surface area contributed by atoms with Gasteiger partial charge in [-0.15, -0.1) is 11.8 Å². The van der Waals surface area contributed by atoms with Gasteiger partial charge in [0.15, 0.2) is 0 Å². The zero-order valence-electron chi connectivity index (χ0n) is 4.26. The molecule has 0 aliphatic carbocycles. The summed E-state index contributed by atoms with van der Waals surface area (Å²) in [6, 6.07) is 0. The van der Waals surface area contributed by atoms with Gasteiger partial charge >= 0.3 is 0 Å². The summed E-state index contributed by atoms with van der Waals surface area (Å²) in [5.74, 6) is 1.15. The molecule has 1 atom stereocenters. The Kier molecular flexibility index (Phi) is 2.00. The van der Waals surface area contributed by atoms with Crippen molar-refractivity contribution in [1.82, 2.24) is 0 Å². The largest absolute Gasteiger partial charge is 0.382 e. The smallest absolute Gasteiger partial charge is 0.0992 e. The first kappa shape index (κ1) is 5.45. The van der Waals surface area contributed by atoms with E-state index in [1.54, 1.807) is 11.8 Å². The fraction of sp³-hybridized carbons (Fsp3) is 1.00.